The fourth-order valence-corrected chi connectivity index (χ4v) is 1.50. The van der Waals surface area contributed by atoms with Gasteiger partial charge < -0.3 is 10.1 Å². The molecule has 1 rings (SSSR count). The SMILES string of the molecule is CC(C)(Br)C(=O)OCCNC(=O)c1c(F)c(F)c([N])c(F)c1F. The van der Waals surface area contributed by atoms with Gasteiger partial charge in [-0.2, -0.15) is 0 Å². The number of amides is 1. The average Bonchev–Trinajstić information content (AvgIpc) is 2.46. The third-order valence-corrected chi connectivity index (χ3v) is 2.90. The predicted octanol–water partition coefficient (Wildman–Crippen LogP) is 2.39. The van der Waals surface area contributed by atoms with E-state index in [1.165, 1.54) is 13.8 Å². The van der Waals surface area contributed by atoms with E-state index in [1.807, 2.05) is 5.32 Å². The highest BCUT2D eigenvalue weighted by molar-refractivity contribution is 9.10. The molecule has 0 aromatic heterocycles. The largest absolute Gasteiger partial charge is 0.463 e. The molecule has 23 heavy (non-hydrogen) atoms. The monoisotopic (exact) mass is 398 g/mol. The number of nitrogens with zero attached hydrogens (tertiary/aromatic N) is 1. The number of rotatable bonds is 5. The highest BCUT2D eigenvalue weighted by Crippen LogP contribution is 2.26. The lowest BCUT2D eigenvalue weighted by Crippen LogP contribution is -2.33. The van der Waals surface area contributed by atoms with Crippen molar-refractivity contribution in [1.29, 1.82) is 0 Å². The second kappa shape index (κ2) is 7.16. The lowest BCUT2D eigenvalue weighted by Gasteiger charge is -2.15. The van der Waals surface area contributed by atoms with Crippen LogP contribution >= 0.6 is 15.9 Å². The molecule has 5 nitrogen and oxygen atoms in total. The van der Waals surface area contributed by atoms with Crippen molar-refractivity contribution in [3.8, 4) is 0 Å². The van der Waals surface area contributed by atoms with Gasteiger partial charge in [0.2, 0.25) is 0 Å². The van der Waals surface area contributed by atoms with E-state index >= 15 is 0 Å². The number of esters is 1. The number of carbonyl (C=O) groups excluding carboxylic acids is 2. The van der Waals surface area contributed by atoms with Crippen LogP contribution in [-0.2, 0) is 9.53 Å². The van der Waals surface area contributed by atoms with Gasteiger partial charge >= 0.3 is 5.97 Å². The van der Waals surface area contributed by atoms with Gasteiger partial charge in [-0.1, -0.05) is 15.9 Å². The summed E-state index contributed by atoms with van der Waals surface area (Å²) in [4.78, 5) is 23.0. The molecule has 0 heterocycles. The van der Waals surface area contributed by atoms with Crippen molar-refractivity contribution in [3.63, 3.8) is 0 Å². The lowest BCUT2D eigenvalue weighted by molar-refractivity contribution is -0.145. The predicted molar refractivity (Wildman–Crippen MR) is 74.4 cm³/mol. The number of carbonyl (C=O) groups is 2. The minimum absolute atomic E-state index is 0.327. The van der Waals surface area contributed by atoms with Gasteiger partial charge in [-0.3, -0.25) is 9.59 Å². The van der Waals surface area contributed by atoms with Crippen molar-refractivity contribution in [2.24, 2.45) is 0 Å². The second-order valence-electron chi connectivity index (χ2n) is 4.84. The van der Waals surface area contributed by atoms with Crippen LogP contribution in [0.5, 0.6) is 0 Å². The van der Waals surface area contributed by atoms with E-state index in [0.717, 1.165) is 0 Å². The Morgan fingerprint density at radius 2 is 1.61 bits per heavy atom. The first-order chi connectivity index (χ1) is 10.5. The van der Waals surface area contributed by atoms with E-state index < -0.39 is 50.7 Å². The van der Waals surface area contributed by atoms with Gasteiger partial charge in [-0.15, -0.1) is 5.73 Å². The summed E-state index contributed by atoms with van der Waals surface area (Å²) in [6, 6.07) is 0. The van der Waals surface area contributed by atoms with Crippen molar-refractivity contribution in [2.45, 2.75) is 18.2 Å². The molecule has 0 saturated heterocycles. The van der Waals surface area contributed by atoms with Gasteiger partial charge in [0, 0.05) is 0 Å². The molecule has 1 amide bonds. The molecule has 0 saturated carbocycles. The van der Waals surface area contributed by atoms with Crippen LogP contribution in [0.15, 0.2) is 0 Å². The summed E-state index contributed by atoms with van der Waals surface area (Å²) in [6.45, 7) is 2.35. The van der Waals surface area contributed by atoms with E-state index in [0.29, 0.717) is 0 Å². The number of nitrogens with one attached hydrogen (secondary N) is 1. The Balaban J connectivity index is 2.76. The molecule has 126 valence electrons. The average molecular weight is 399 g/mol. The molecule has 1 N–H and O–H groups in total. The van der Waals surface area contributed by atoms with Crippen LogP contribution in [0.2, 0.25) is 0 Å². The zero-order valence-electron chi connectivity index (χ0n) is 12.0. The fraction of sp³-hybridized carbons (Fsp3) is 0.385. The van der Waals surface area contributed by atoms with Gasteiger partial charge in [-0.25, -0.2) is 17.6 Å². The van der Waals surface area contributed by atoms with Crippen molar-refractivity contribution in [1.82, 2.24) is 11.1 Å². The molecular weight excluding hydrogens is 388 g/mol. The molecule has 2 radical (unpaired) electrons. The number of hydrogen-bond donors (Lipinski definition) is 1. The molecule has 10 heteroatoms. The van der Waals surface area contributed by atoms with Crippen LogP contribution in [-0.4, -0.2) is 29.4 Å². The number of alkyl halides is 1. The summed E-state index contributed by atoms with van der Waals surface area (Å²) < 4.78 is 57.0. The van der Waals surface area contributed by atoms with Crippen LogP contribution < -0.4 is 11.1 Å². The maximum Gasteiger partial charge on any atom is 0.322 e. The zero-order valence-corrected chi connectivity index (χ0v) is 13.6. The molecule has 0 fully saturated rings. The third kappa shape index (κ3) is 4.34. The molecule has 0 spiro atoms. The normalized spacial score (nSPS) is 11.3. The number of halogens is 5. The quantitative estimate of drug-likeness (QED) is 0.272. The number of ether oxygens (including phenoxy) is 1. The number of hydrogen-bond acceptors (Lipinski definition) is 3. The van der Waals surface area contributed by atoms with Crippen LogP contribution in [0.4, 0.5) is 23.2 Å². The fourth-order valence-electron chi connectivity index (χ4n) is 1.39. The molecule has 0 aliphatic rings. The lowest BCUT2D eigenvalue weighted by atomic mass is 10.1. The van der Waals surface area contributed by atoms with Crippen molar-refractivity contribution >= 4 is 33.5 Å². The summed E-state index contributed by atoms with van der Waals surface area (Å²) in [5.74, 6) is -10.3. The first kappa shape index (κ1) is 19.2. The first-order valence-electron chi connectivity index (χ1n) is 6.17. The van der Waals surface area contributed by atoms with Gasteiger partial charge in [0.1, 0.15) is 16.5 Å². The van der Waals surface area contributed by atoms with Crippen molar-refractivity contribution in [2.75, 3.05) is 13.2 Å². The molecule has 0 aliphatic carbocycles. The Kier molecular flexibility index (Phi) is 5.98. The van der Waals surface area contributed by atoms with Gasteiger partial charge in [-0.05, 0) is 13.8 Å². The van der Waals surface area contributed by atoms with Crippen LogP contribution in [0, 0.1) is 23.3 Å². The number of benzene rings is 1. The highest BCUT2D eigenvalue weighted by Gasteiger charge is 2.29. The van der Waals surface area contributed by atoms with E-state index in [4.69, 9.17) is 10.5 Å². The molecule has 1 aromatic rings. The molecular formula is C13H11BrF4N2O3. The van der Waals surface area contributed by atoms with E-state index in [2.05, 4.69) is 15.9 Å². The Hall–Kier alpha value is -1.84. The summed E-state index contributed by atoms with van der Waals surface area (Å²) in [7, 11) is 0. The van der Waals surface area contributed by atoms with Crippen molar-refractivity contribution in [3.05, 3.63) is 28.8 Å². The van der Waals surface area contributed by atoms with Crippen LogP contribution in [0.25, 0.3) is 0 Å². The van der Waals surface area contributed by atoms with Crippen LogP contribution in [0.1, 0.15) is 24.2 Å². The molecule has 1 aromatic carbocycles. The highest BCUT2D eigenvalue weighted by atomic mass is 79.9. The Labute approximate surface area is 137 Å². The first-order valence-corrected chi connectivity index (χ1v) is 6.97. The minimum Gasteiger partial charge on any atom is -0.463 e. The maximum absolute atomic E-state index is 13.5. The summed E-state index contributed by atoms with van der Waals surface area (Å²) in [5.41, 5.74) is 5.42. The third-order valence-electron chi connectivity index (χ3n) is 2.57. The Morgan fingerprint density at radius 3 is 2.04 bits per heavy atom. The minimum atomic E-state index is -2.08. The van der Waals surface area contributed by atoms with E-state index in [1.54, 1.807) is 0 Å². The van der Waals surface area contributed by atoms with E-state index in [-0.39, 0.29) is 13.2 Å². The van der Waals surface area contributed by atoms with Gasteiger partial charge in [0.25, 0.3) is 5.91 Å². The topological polar surface area (TPSA) is 77.7 Å². The molecule has 0 bridgehead atoms. The Morgan fingerprint density at radius 1 is 1.13 bits per heavy atom. The van der Waals surface area contributed by atoms with Crippen LogP contribution in [0.3, 0.4) is 0 Å². The second-order valence-corrected chi connectivity index (χ2v) is 6.83. The standard InChI is InChI=1S/C13H11BrF4N2O3/c1-13(2,14)12(22)23-4-3-20-11(21)5-6(15)8(17)10(19)9(18)7(5)16/h3-4H2,1-2H3,(H,20,21). The van der Waals surface area contributed by atoms with Gasteiger partial charge in [0.15, 0.2) is 29.0 Å². The van der Waals surface area contributed by atoms with E-state index in [9.17, 15) is 27.2 Å². The summed E-state index contributed by atoms with van der Waals surface area (Å²) >= 11 is 3.04. The van der Waals surface area contributed by atoms with Crippen molar-refractivity contribution < 1.29 is 31.9 Å². The molecule has 0 unspecified atom stereocenters. The van der Waals surface area contributed by atoms with Gasteiger partial charge in [0.05, 0.1) is 6.54 Å². The zero-order chi connectivity index (χ0) is 17.9. The maximum atomic E-state index is 13.5. The molecule has 0 atom stereocenters. The summed E-state index contributed by atoms with van der Waals surface area (Å²) in [5, 5.41) is 1.93. The Bertz CT molecular complexity index is 618. The smallest absolute Gasteiger partial charge is 0.322 e. The summed E-state index contributed by atoms with van der Waals surface area (Å²) in [6.07, 6.45) is 0. The molecule has 0 aliphatic heterocycles.